The molecule has 1 unspecified atom stereocenters. The Morgan fingerprint density at radius 1 is 1.55 bits per heavy atom. The number of halogens is 2. The zero-order valence-corrected chi connectivity index (χ0v) is 10.1. The Morgan fingerprint density at radius 2 is 2.09 bits per heavy atom. The molecule has 0 N–H and O–H groups in total. The SMILES string of the molecule is COC(OC)C(Br)[N+]1=NC[I-]1. The van der Waals surface area contributed by atoms with Crippen LogP contribution in [0.15, 0.2) is 5.11 Å². The average Bonchev–Trinajstić information content (AvgIpc) is 1.86. The molecule has 1 atom stereocenters. The molecule has 0 aromatic heterocycles. The molecule has 0 amide bonds. The maximum absolute atomic E-state index is 5.06. The van der Waals surface area contributed by atoms with E-state index in [-0.39, 0.29) is 32.7 Å². The molecule has 11 heavy (non-hydrogen) atoms. The zero-order valence-electron chi connectivity index (χ0n) is 6.33. The average molecular weight is 337 g/mol. The minimum absolute atomic E-state index is 0.0825. The first kappa shape index (κ1) is 9.82. The summed E-state index contributed by atoms with van der Waals surface area (Å²) in [7, 11) is 3.25. The van der Waals surface area contributed by atoms with E-state index in [4.69, 9.17) is 9.47 Å². The van der Waals surface area contributed by atoms with E-state index < -0.39 is 0 Å². The van der Waals surface area contributed by atoms with Gasteiger partial charge < -0.3 is 0 Å². The van der Waals surface area contributed by atoms with Crippen LogP contribution < -0.4 is 21.5 Å². The third-order valence-electron chi connectivity index (χ3n) is 1.26. The van der Waals surface area contributed by atoms with Gasteiger partial charge in [-0.05, 0) is 0 Å². The first-order chi connectivity index (χ1) is 5.29. The predicted molar refractivity (Wildman–Crippen MR) is 38.1 cm³/mol. The van der Waals surface area contributed by atoms with E-state index in [1.807, 2.05) is 2.91 Å². The number of hydrogen-bond acceptors (Lipinski definition) is 3. The summed E-state index contributed by atoms with van der Waals surface area (Å²) in [5.41, 5.74) is 0. The van der Waals surface area contributed by atoms with E-state index in [1.165, 1.54) is 0 Å². The minimum atomic E-state index is -0.223. The first-order valence-corrected chi connectivity index (χ1v) is 6.46. The van der Waals surface area contributed by atoms with Crippen molar-refractivity contribution in [2.45, 2.75) is 11.2 Å². The Morgan fingerprint density at radius 3 is 2.36 bits per heavy atom. The van der Waals surface area contributed by atoms with Crippen molar-refractivity contribution in [2.75, 3.05) is 18.8 Å². The Hall–Kier alpha value is 0.730. The topological polar surface area (TPSA) is 33.8 Å². The molecule has 0 aliphatic carbocycles. The van der Waals surface area contributed by atoms with Crippen molar-refractivity contribution in [3.63, 3.8) is 0 Å². The Kier molecular flexibility index (Phi) is 4.18. The van der Waals surface area contributed by atoms with Gasteiger partial charge in [-0.15, -0.1) is 0 Å². The van der Waals surface area contributed by atoms with Crippen molar-refractivity contribution in [1.29, 1.82) is 0 Å². The molecule has 0 spiro atoms. The van der Waals surface area contributed by atoms with Gasteiger partial charge in [0.05, 0.1) is 0 Å². The normalized spacial score (nSPS) is 20.2. The quantitative estimate of drug-likeness (QED) is 0.191. The Balaban J connectivity index is 2.43. The van der Waals surface area contributed by atoms with Crippen LogP contribution >= 0.6 is 15.9 Å². The molecule has 66 valence electrons. The molecule has 1 heterocycles. The van der Waals surface area contributed by atoms with Crippen molar-refractivity contribution >= 4 is 15.9 Å². The van der Waals surface area contributed by atoms with Gasteiger partial charge in [0.15, 0.2) is 0 Å². The van der Waals surface area contributed by atoms with Crippen molar-refractivity contribution < 1.29 is 33.9 Å². The number of nitrogens with zero attached hydrogens (tertiary/aromatic N) is 2. The predicted octanol–water partition coefficient (Wildman–Crippen LogP) is -2.23. The second kappa shape index (κ2) is 4.68. The summed E-state index contributed by atoms with van der Waals surface area (Å²) in [5, 5.41) is 4.16. The molecular formula is C5H10BrIN2O2. The molecule has 0 saturated heterocycles. The van der Waals surface area contributed by atoms with Crippen LogP contribution in [0.2, 0.25) is 0 Å². The summed E-state index contributed by atoms with van der Waals surface area (Å²) in [4.78, 5) is 0.0825. The van der Waals surface area contributed by atoms with Crippen molar-refractivity contribution in [2.24, 2.45) is 5.11 Å². The summed E-state index contributed by atoms with van der Waals surface area (Å²) in [5.74, 6) is 0. The van der Waals surface area contributed by atoms with E-state index in [2.05, 4.69) is 21.0 Å². The van der Waals surface area contributed by atoms with Gasteiger partial charge in [-0.3, -0.25) is 0 Å². The molecule has 0 aromatic carbocycles. The molecule has 0 radical (unpaired) electrons. The van der Waals surface area contributed by atoms with E-state index in [9.17, 15) is 0 Å². The zero-order chi connectivity index (χ0) is 8.27. The van der Waals surface area contributed by atoms with Crippen LogP contribution in [0.3, 0.4) is 0 Å². The van der Waals surface area contributed by atoms with Gasteiger partial charge in [-0.1, -0.05) is 0 Å². The van der Waals surface area contributed by atoms with E-state index in [0.717, 1.165) is 4.55 Å². The monoisotopic (exact) mass is 336 g/mol. The number of azo groups is 1. The van der Waals surface area contributed by atoms with Crippen molar-refractivity contribution in [3.05, 3.63) is 0 Å². The summed E-state index contributed by atoms with van der Waals surface area (Å²) >= 11 is 3.55. The molecule has 1 aliphatic heterocycles. The van der Waals surface area contributed by atoms with Crippen LogP contribution in [0.4, 0.5) is 0 Å². The van der Waals surface area contributed by atoms with Gasteiger partial charge in [-0.25, -0.2) is 0 Å². The van der Waals surface area contributed by atoms with Gasteiger partial charge in [0.2, 0.25) is 0 Å². The molecule has 0 fully saturated rings. The summed E-state index contributed by atoms with van der Waals surface area (Å²) in [6, 6.07) is 0. The van der Waals surface area contributed by atoms with Gasteiger partial charge >= 0.3 is 84.9 Å². The van der Waals surface area contributed by atoms with Gasteiger partial charge in [0.25, 0.3) is 0 Å². The second-order valence-corrected chi connectivity index (χ2v) is 5.17. The second-order valence-electron chi connectivity index (χ2n) is 1.88. The molecule has 0 aromatic rings. The number of ether oxygens (including phenoxy) is 2. The van der Waals surface area contributed by atoms with Crippen LogP contribution in [-0.4, -0.2) is 32.9 Å². The Bertz CT molecular complexity index is 163. The summed E-state index contributed by atoms with van der Waals surface area (Å²) in [6.07, 6.45) is -0.223. The van der Waals surface area contributed by atoms with Gasteiger partial charge in [-0.2, -0.15) is 0 Å². The number of rotatable bonds is 4. The number of hydrogen-bond donors (Lipinski definition) is 0. The first-order valence-electron chi connectivity index (χ1n) is 3.05. The molecule has 4 nitrogen and oxygen atoms in total. The van der Waals surface area contributed by atoms with Gasteiger partial charge in [0.1, 0.15) is 0 Å². The molecule has 6 heteroatoms. The summed E-state index contributed by atoms with van der Waals surface area (Å²) in [6.45, 7) is 0. The third kappa shape index (κ3) is 2.33. The fourth-order valence-corrected chi connectivity index (χ4v) is 3.27. The van der Waals surface area contributed by atoms with Crippen LogP contribution in [0, 0.1) is 0 Å². The number of alkyl halides is 2. The van der Waals surface area contributed by atoms with E-state index in [0.29, 0.717) is 0 Å². The van der Waals surface area contributed by atoms with Crippen molar-refractivity contribution in [1.82, 2.24) is 0 Å². The molecule has 0 bridgehead atoms. The molecule has 1 rings (SSSR count). The molecule has 0 saturated carbocycles. The fraction of sp³-hybridized carbons (Fsp3) is 1.00. The van der Waals surface area contributed by atoms with Crippen LogP contribution in [0.5, 0.6) is 0 Å². The standard InChI is InChI=1S/C5H10BrIN2O2/c1-10-5(11-2)4(6)9-7-3-8-9/h4-5H,3H2,1-2H3. The molecule has 1 aliphatic rings. The fourth-order valence-electron chi connectivity index (χ4n) is 0.680. The van der Waals surface area contributed by atoms with E-state index >= 15 is 0 Å². The van der Waals surface area contributed by atoms with Crippen LogP contribution in [0.25, 0.3) is 0 Å². The van der Waals surface area contributed by atoms with Crippen LogP contribution in [-0.2, 0) is 9.47 Å². The van der Waals surface area contributed by atoms with Crippen molar-refractivity contribution in [3.8, 4) is 0 Å². The molecular weight excluding hydrogens is 327 g/mol. The third-order valence-corrected chi connectivity index (χ3v) is 5.06. The van der Waals surface area contributed by atoms with E-state index in [1.54, 1.807) is 14.2 Å². The van der Waals surface area contributed by atoms with Crippen LogP contribution in [0.1, 0.15) is 0 Å². The maximum atomic E-state index is 5.06. The van der Waals surface area contributed by atoms with Gasteiger partial charge in [0, 0.05) is 0 Å². The summed E-state index contributed by atoms with van der Waals surface area (Å²) < 4.78 is 13.2. The Labute approximate surface area is 84.7 Å². The number of methoxy groups -OCH3 is 2.